The third-order valence-corrected chi connectivity index (χ3v) is 6.18. The van der Waals surface area contributed by atoms with Crippen molar-refractivity contribution in [3.8, 4) is 0 Å². The number of aromatic nitrogens is 4. The maximum Gasteiger partial charge on any atom is 0.411 e. The first-order valence-electron chi connectivity index (χ1n) is 10.8. The molecule has 0 aliphatic carbocycles. The zero-order valence-corrected chi connectivity index (χ0v) is 20.7. The second-order valence-electron chi connectivity index (χ2n) is 9.22. The van der Waals surface area contributed by atoms with Gasteiger partial charge in [-0.15, -0.1) is 0 Å². The lowest BCUT2D eigenvalue weighted by molar-refractivity contribution is -0.142. The van der Waals surface area contributed by atoms with Crippen LogP contribution in [0.2, 0.25) is 10.0 Å². The number of fused-ring (bicyclic) bond motifs is 1. The number of rotatable bonds is 5. The van der Waals surface area contributed by atoms with Crippen LogP contribution in [0.15, 0.2) is 29.2 Å². The van der Waals surface area contributed by atoms with Crippen LogP contribution in [0.4, 0.5) is 10.7 Å². The summed E-state index contributed by atoms with van der Waals surface area (Å²) in [6, 6.07) is 3.54. The molecule has 1 fully saturated rings. The lowest BCUT2D eigenvalue weighted by atomic mass is 10.1. The zero-order valence-electron chi connectivity index (χ0n) is 19.2. The highest BCUT2D eigenvalue weighted by Crippen LogP contribution is 2.30. The van der Waals surface area contributed by atoms with Crippen LogP contribution < -0.4 is 10.9 Å². The average molecular weight is 523 g/mol. The fourth-order valence-electron chi connectivity index (χ4n) is 3.91. The minimum Gasteiger partial charge on any atom is -0.480 e. The fraction of sp³-hybridized carbons (Fsp3) is 0.409. The number of halogens is 2. The first kappa shape index (κ1) is 24.8. The predicted molar refractivity (Wildman–Crippen MR) is 130 cm³/mol. The third kappa shape index (κ3) is 5.35. The van der Waals surface area contributed by atoms with E-state index in [1.807, 2.05) is 0 Å². The molecule has 4 rings (SSSR count). The van der Waals surface area contributed by atoms with Crippen molar-refractivity contribution in [2.24, 2.45) is 0 Å². The van der Waals surface area contributed by atoms with Crippen molar-refractivity contribution >= 4 is 52.2 Å². The van der Waals surface area contributed by atoms with Gasteiger partial charge in [-0.25, -0.2) is 14.6 Å². The van der Waals surface area contributed by atoms with Gasteiger partial charge in [0.05, 0.1) is 22.3 Å². The van der Waals surface area contributed by atoms with Crippen molar-refractivity contribution in [1.82, 2.24) is 24.6 Å². The molecule has 0 radical (unpaired) electrons. The van der Waals surface area contributed by atoms with Gasteiger partial charge in [0.2, 0.25) is 5.95 Å². The minimum absolute atomic E-state index is 0.0272. The molecule has 2 unspecified atom stereocenters. The maximum absolute atomic E-state index is 12.9. The molecule has 1 aliphatic heterocycles. The van der Waals surface area contributed by atoms with Crippen LogP contribution >= 0.6 is 23.2 Å². The quantitative estimate of drug-likeness (QED) is 0.460. The third-order valence-electron chi connectivity index (χ3n) is 5.44. The van der Waals surface area contributed by atoms with E-state index in [4.69, 9.17) is 27.9 Å². The Morgan fingerprint density at radius 1 is 1.29 bits per heavy atom. The summed E-state index contributed by atoms with van der Waals surface area (Å²) in [6.07, 6.45) is 0.771. The Kier molecular flexibility index (Phi) is 6.65. The summed E-state index contributed by atoms with van der Waals surface area (Å²) >= 11 is 12.0. The second kappa shape index (κ2) is 9.38. The van der Waals surface area contributed by atoms with Crippen molar-refractivity contribution in [2.45, 2.75) is 51.4 Å². The number of benzene rings is 1. The van der Waals surface area contributed by atoms with Crippen LogP contribution in [0, 0.1) is 0 Å². The Labute approximate surface area is 210 Å². The van der Waals surface area contributed by atoms with Gasteiger partial charge in [0.1, 0.15) is 17.2 Å². The molecule has 3 heterocycles. The molecule has 1 aliphatic rings. The second-order valence-corrected chi connectivity index (χ2v) is 10.0. The molecule has 186 valence electrons. The number of hydrogen-bond donors (Lipinski definition) is 3. The van der Waals surface area contributed by atoms with Crippen molar-refractivity contribution < 1.29 is 19.4 Å². The number of ether oxygens (including phenoxy) is 1. The number of anilines is 1. The molecule has 1 amide bonds. The number of nitrogens with one attached hydrogen (secondary N) is 2. The number of carboxylic acids is 1. The Morgan fingerprint density at radius 3 is 2.69 bits per heavy atom. The highest BCUT2D eigenvalue weighted by Gasteiger charge is 2.43. The van der Waals surface area contributed by atoms with Gasteiger partial charge in [-0.05, 0) is 38.5 Å². The summed E-state index contributed by atoms with van der Waals surface area (Å²) in [5, 5.41) is 17.8. The molecule has 1 saturated heterocycles. The maximum atomic E-state index is 12.9. The number of carbonyl (C=O) groups excluding carboxylic acids is 1. The highest BCUT2D eigenvalue weighted by atomic mass is 35.5. The van der Waals surface area contributed by atoms with Crippen LogP contribution in [0.1, 0.15) is 38.8 Å². The number of carboxylic acid groups (broad SMARTS) is 1. The monoisotopic (exact) mass is 522 g/mol. The van der Waals surface area contributed by atoms with E-state index >= 15 is 0 Å². The molecule has 11 nitrogen and oxygen atoms in total. The standard InChI is InChI=1S/C22H24Cl2N6O5/c1-22(2,3)35-21(34)29-10-12(7-16(29)19(32)33)30-17-15(9-26-30)27-20(28-18(17)31)25-8-11-4-5-13(23)14(24)6-11/h4-6,9,12,16H,7-8,10H2,1-3H3,(H,32,33)(H2,25,27,28,31). The van der Waals surface area contributed by atoms with E-state index in [9.17, 15) is 19.5 Å². The average Bonchev–Trinajstić information content (AvgIpc) is 3.38. The summed E-state index contributed by atoms with van der Waals surface area (Å²) in [4.78, 5) is 45.6. The summed E-state index contributed by atoms with van der Waals surface area (Å²) in [5.41, 5.74) is 0.119. The summed E-state index contributed by atoms with van der Waals surface area (Å²) < 4.78 is 6.78. The van der Waals surface area contributed by atoms with Crippen LogP contribution in [-0.2, 0) is 16.1 Å². The van der Waals surface area contributed by atoms with Gasteiger partial charge in [0.25, 0.3) is 5.56 Å². The topological polar surface area (TPSA) is 142 Å². The molecule has 3 N–H and O–H groups in total. The van der Waals surface area contributed by atoms with Crippen molar-refractivity contribution in [2.75, 3.05) is 11.9 Å². The van der Waals surface area contributed by atoms with Crippen LogP contribution in [0.3, 0.4) is 0 Å². The zero-order chi connectivity index (χ0) is 25.5. The summed E-state index contributed by atoms with van der Waals surface area (Å²) in [7, 11) is 0. The molecule has 2 atom stereocenters. The molecular formula is C22H24Cl2N6O5. The Hall–Kier alpha value is -3.31. The highest BCUT2D eigenvalue weighted by molar-refractivity contribution is 6.42. The molecule has 3 aromatic rings. The number of carbonyl (C=O) groups is 2. The van der Waals surface area contributed by atoms with E-state index in [-0.39, 0.29) is 24.4 Å². The van der Waals surface area contributed by atoms with E-state index in [0.29, 0.717) is 22.1 Å². The Balaban J connectivity index is 1.56. The molecule has 0 spiro atoms. The number of amides is 1. The molecule has 1 aromatic carbocycles. The number of nitrogens with zero attached hydrogens (tertiary/aromatic N) is 4. The van der Waals surface area contributed by atoms with Crippen LogP contribution in [0.25, 0.3) is 11.0 Å². The van der Waals surface area contributed by atoms with Crippen molar-refractivity contribution in [3.63, 3.8) is 0 Å². The first-order chi connectivity index (χ1) is 16.4. The van der Waals surface area contributed by atoms with Gasteiger partial charge >= 0.3 is 12.1 Å². The smallest absolute Gasteiger partial charge is 0.411 e. The molecular weight excluding hydrogens is 499 g/mol. The number of aliphatic carboxylic acids is 1. The number of aromatic amines is 1. The molecule has 0 bridgehead atoms. The number of likely N-dealkylation sites (tertiary alicyclic amines) is 1. The Morgan fingerprint density at radius 2 is 2.03 bits per heavy atom. The minimum atomic E-state index is -1.16. The lowest BCUT2D eigenvalue weighted by Gasteiger charge is -2.26. The van der Waals surface area contributed by atoms with E-state index < -0.39 is 35.3 Å². The van der Waals surface area contributed by atoms with Gasteiger partial charge < -0.3 is 15.2 Å². The molecule has 13 heteroatoms. The van der Waals surface area contributed by atoms with E-state index in [0.717, 1.165) is 10.5 Å². The van der Waals surface area contributed by atoms with Crippen molar-refractivity contribution in [3.05, 3.63) is 50.4 Å². The van der Waals surface area contributed by atoms with Gasteiger partial charge in [0, 0.05) is 19.5 Å². The van der Waals surface area contributed by atoms with Gasteiger partial charge in [0.15, 0.2) is 5.52 Å². The molecule has 0 saturated carbocycles. The summed E-state index contributed by atoms with van der Waals surface area (Å²) in [5.74, 6) is -0.922. The van der Waals surface area contributed by atoms with Gasteiger partial charge in [-0.1, -0.05) is 29.3 Å². The van der Waals surface area contributed by atoms with Gasteiger partial charge in [-0.2, -0.15) is 5.10 Å². The number of hydrogen-bond acceptors (Lipinski definition) is 7. The molecule has 2 aromatic heterocycles. The lowest BCUT2D eigenvalue weighted by Crippen LogP contribution is -2.43. The van der Waals surface area contributed by atoms with E-state index in [2.05, 4.69) is 20.4 Å². The normalized spacial score (nSPS) is 18.1. The van der Waals surface area contributed by atoms with E-state index in [1.54, 1.807) is 39.0 Å². The summed E-state index contributed by atoms with van der Waals surface area (Å²) in [6.45, 7) is 5.47. The fourth-order valence-corrected chi connectivity index (χ4v) is 4.23. The van der Waals surface area contributed by atoms with Gasteiger partial charge in [-0.3, -0.25) is 19.4 Å². The van der Waals surface area contributed by atoms with Crippen molar-refractivity contribution in [1.29, 1.82) is 0 Å². The first-order valence-corrected chi connectivity index (χ1v) is 11.6. The molecule has 35 heavy (non-hydrogen) atoms. The largest absolute Gasteiger partial charge is 0.480 e. The predicted octanol–water partition coefficient (Wildman–Crippen LogP) is 3.67. The SMILES string of the molecule is CC(C)(C)OC(=O)N1CC(n2ncc3nc(NCc4ccc(Cl)c(Cl)c4)[nH]c(=O)c32)CC1C(=O)O. The van der Waals surface area contributed by atoms with E-state index in [1.165, 1.54) is 10.9 Å². The van der Waals surface area contributed by atoms with Crippen LogP contribution in [0.5, 0.6) is 0 Å². The van der Waals surface area contributed by atoms with Crippen LogP contribution in [-0.4, -0.2) is 60.0 Å². The Bertz CT molecular complexity index is 1350. The number of H-pyrrole nitrogens is 1.